The molecular formula is C22H20F2O3. The molecule has 3 rings (SSSR count). The Kier molecular flexibility index (Phi) is 5.91. The molecule has 0 unspecified atom stereocenters. The van der Waals surface area contributed by atoms with Gasteiger partial charge in [-0.2, -0.15) is 8.78 Å². The van der Waals surface area contributed by atoms with Gasteiger partial charge in [-0.25, -0.2) is 0 Å². The van der Waals surface area contributed by atoms with Gasteiger partial charge in [-0.05, 0) is 47.9 Å². The summed E-state index contributed by atoms with van der Waals surface area (Å²) in [5.74, 6) is -1.55. The third-order valence-corrected chi connectivity index (χ3v) is 4.08. The van der Waals surface area contributed by atoms with E-state index in [1.54, 1.807) is 14.0 Å². The third-order valence-electron chi connectivity index (χ3n) is 4.08. The van der Waals surface area contributed by atoms with Crippen molar-refractivity contribution in [1.82, 2.24) is 0 Å². The Hall–Kier alpha value is -3.08. The molecule has 3 nitrogen and oxygen atoms in total. The molecule has 0 aliphatic rings. The largest absolute Gasteiger partial charge is 0.497 e. The van der Waals surface area contributed by atoms with E-state index in [0.29, 0.717) is 0 Å². The van der Waals surface area contributed by atoms with E-state index in [1.165, 1.54) is 12.1 Å². The van der Waals surface area contributed by atoms with Gasteiger partial charge in [-0.3, -0.25) is 0 Å². The van der Waals surface area contributed by atoms with Crippen molar-refractivity contribution in [3.05, 3.63) is 77.9 Å². The van der Waals surface area contributed by atoms with E-state index in [1.807, 2.05) is 48.5 Å². The van der Waals surface area contributed by atoms with E-state index in [4.69, 9.17) is 14.2 Å². The zero-order valence-corrected chi connectivity index (χ0v) is 15.2. The predicted octanol–water partition coefficient (Wildman–Crippen LogP) is 5.62. The van der Waals surface area contributed by atoms with Gasteiger partial charge in [0.25, 0.3) is 0 Å². The van der Waals surface area contributed by atoms with Crippen LogP contribution in [0.1, 0.15) is 12.5 Å². The molecule has 0 atom stereocenters. The van der Waals surface area contributed by atoms with Gasteiger partial charge in [0.1, 0.15) is 12.4 Å². The lowest BCUT2D eigenvalue weighted by Gasteiger charge is -2.11. The molecule has 3 aromatic carbocycles. The normalized spacial score (nSPS) is 10.5. The van der Waals surface area contributed by atoms with E-state index < -0.39 is 11.6 Å². The van der Waals surface area contributed by atoms with Crippen molar-refractivity contribution >= 4 is 0 Å². The van der Waals surface area contributed by atoms with Gasteiger partial charge in [0.15, 0.2) is 11.5 Å². The van der Waals surface area contributed by atoms with E-state index >= 15 is 0 Å². The van der Waals surface area contributed by atoms with Gasteiger partial charge in [0.05, 0.1) is 13.7 Å². The number of ether oxygens (including phenoxy) is 3. The summed E-state index contributed by atoms with van der Waals surface area (Å²) in [6, 6.07) is 18.2. The van der Waals surface area contributed by atoms with Gasteiger partial charge in [0, 0.05) is 0 Å². The van der Waals surface area contributed by atoms with E-state index in [2.05, 4.69) is 0 Å². The van der Waals surface area contributed by atoms with Crippen LogP contribution < -0.4 is 14.2 Å². The van der Waals surface area contributed by atoms with Gasteiger partial charge < -0.3 is 14.2 Å². The number of benzene rings is 3. The highest BCUT2D eigenvalue weighted by Gasteiger charge is 2.15. The lowest BCUT2D eigenvalue weighted by Crippen LogP contribution is -2.02. The number of methoxy groups -OCH3 is 1. The first-order valence-corrected chi connectivity index (χ1v) is 8.59. The number of rotatable bonds is 7. The molecule has 0 heterocycles. The monoisotopic (exact) mass is 370 g/mol. The van der Waals surface area contributed by atoms with E-state index in [0.717, 1.165) is 22.4 Å². The Morgan fingerprint density at radius 1 is 0.704 bits per heavy atom. The van der Waals surface area contributed by atoms with Crippen LogP contribution in [0.25, 0.3) is 11.1 Å². The summed E-state index contributed by atoms with van der Waals surface area (Å²) in [6.07, 6.45) is 0. The number of hydrogen-bond acceptors (Lipinski definition) is 3. The molecule has 3 aromatic rings. The van der Waals surface area contributed by atoms with E-state index in [-0.39, 0.29) is 24.7 Å². The van der Waals surface area contributed by atoms with Crippen molar-refractivity contribution in [3.63, 3.8) is 0 Å². The van der Waals surface area contributed by atoms with Crippen LogP contribution in [0.5, 0.6) is 17.2 Å². The molecule has 0 radical (unpaired) electrons. The highest BCUT2D eigenvalue weighted by molar-refractivity contribution is 5.64. The lowest BCUT2D eigenvalue weighted by atomic mass is 10.0. The summed E-state index contributed by atoms with van der Waals surface area (Å²) in [6.45, 7) is 2.10. The second-order valence-corrected chi connectivity index (χ2v) is 5.84. The first-order valence-electron chi connectivity index (χ1n) is 8.59. The predicted molar refractivity (Wildman–Crippen MR) is 100 cm³/mol. The van der Waals surface area contributed by atoms with Crippen LogP contribution in [0.3, 0.4) is 0 Å². The minimum absolute atomic E-state index is 0.119. The molecule has 0 aliphatic heterocycles. The standard InChI is InChI=1S/C22H20F2O3/c1-3-26-19-12-13-20(22(24)21(19)23)27-14-15-4-6-16(7-5-15)17-8-10-18(25-2)11-9-17/h4-13H,3,14H2,1-2H3. The molecule has 0 aromatic heterocycles. The smallest absolute Gasteiger partial charge is 0.204 e. The SMILES string of the molecule is CCOc1ccc(OCc2ccc(-c3ccc(OC)cc3)cc2)c(F)c1F. The topological polar surface area (TPSA) is 27.7 Å². The minimum atomic E-state index is -1.05. The highest BCUT2D eigenvalue weighted by atomic mass is 19.2. The molecular weight excluding hydrogens is 350 g/mol. The van der Waals surface area contributed by atoms with Gasteiger partial charge in [-0.15, -0.1) is 0 Å². The molecule has 0 amide bonds. The molecule has 0 fully saturated rings. The maximum absolute atomic E-state index is 14.0. The van der Waals surface area contributed by atoms with Crippen molar-refractivity contribution in [3.8, 4) is 28.4 Å². The molecule has 0 aliphatic carbocycles. The molecule has 0 bridgehead atoms. The Morgan fingerprint density at radius 3 is 1.74 bits per heavy atom. The zero-order chi connectivity index (χ0) is 19.2. The van der Waals surface area contributed by atoms with Crippen molar-refractivity contribution < 1.29 is 23.0 Å². The van der Waals surface area contributed by atoms with Crippen LogP contribution >= 0.6 is 0 Å². The fourth-order valence-electron chi connectivity index (χ4n) is 2.63. The maximum atomic E-state index is 14.0. The van der Waals surface area contributed by atoms with Crippen molar-refractivity contribution in [2.24, 2.45) is 0 Å². The van der Waals surface area contributed by atoms with Crippen molar-refractivity contribution in [2.75, 3.05) is 13.7 Å². The summed E-state index contributed by atoms with van der Waals surface area (Å²) >= 11 is 0. The van der Waals surface area contributed by atoms with Gasteiger partial charge >= 0.3 is 0 Å². The fraction of sp³-hybridized carbons (Fsp3) is 0.182. The summed E-state index contributed by atoms with van der Waals surface area (Å²) in [5.41, 5.74) is 2.95. The van der Waals surface area contributed by atoms with Crippen LogP contribution in [0.4, 0.5) is 8.78 Å². The van der Waals surface area contributed by atoms with Gasteiger partial charge in [-0.1, -0.05) is 36.4 Å². The van der Waals surface area contributed by atoms with Crippen molar-refractivity contribution in [2.45, 2.75) is 13.5 Å². The number of halogens is 2. The van der Waals surface area contributed by atoms with Gasteiger partial charge in [0.2, 0.25) is 11.6 Å². The van der Waals surface area contributed by atoms with E-state index in [9.17, 15) is 8.78 Å². The van der Waals surface area contributed by atoms with Crippen molar-refractivity contribution in [1.29, 1.82) is 0 Å². The molecule has 27 heavy (non-hydrogen) atoms. The first-order chi connectivity index (χ1) is 13.1. The molecule has 140 valence electrons. The Labute approximate surface area is 157 Å². The average molecular weight is 370 g/mol. The summed E-state index contributed by atoms with van der Waals surface area (Å²) < 4.78 is 43.5. The Balaban J connectivity index is 1.67. The summed E-state index contributed by atoms with van der Waals surface area (Å²) in [5, 5.41) is 0. The minimum Gasteiger partial charge on any atom is -0.497 e. The van der Waals surface area contributed by atoms with Crippen LogP contribution in [-0.4, -0.2) is 13.7 Å². The Bertz CT molecular complexity index is 891. The summed E-state index contributed by atoms with van der Waals surface area (Å²) in [7, 11) is 1.63. The highest BCUT2D eigenvalue weighted by Crippen LogP contribution is 2.28. The molecule has 0 spiro atoms. The fourth-order valence-corrected chi connectivity index (χ4v) is 2.63. The lowest BCUT2D eigenvalue weighted by molar-refractivity contribution is 0.274. The van der Waals surface area contributed by atoms with Crippen LogP contribution in [0.2, 0.25) is 0 Å². The average Bonchev–Trinajstić information content (AvgIpc) is 2.71. The molecule has 0 saturated carbocycles. The van der Waals surface area contributed by atoms with Crippen LogP contribution in [0, 0.1) is 11.6 Å². The second-order valence-electron chi connectivity index (χ2n) is 5.84. The zero-order valence-electron chi connectivity index (χ0n) is 15.2. The van der Waals surface area contributed by atoms with Crippen LogP contribution in [-0.2, 0) is 6.61 Å². The Morgan fingerprint density at radius 2 is 1.22 bits per heavy atom. The molecule has 0 saturated heterocycles. The van der Waals surface area contributed by atoms with Crippen LogP contribution in [0.15, 0.2) is 60.7 Å². The molecule has 0 N–H and O–H groups in total. The quantitative estimate of drug-likeness (QED) is 0.540. The summed E-state index contributed by atoms with van der Waals surface area (Å²) in [4.78, 5) is 0. The maximum Gasteiger partial charge on any atom is 0.204 e. The first kappa shape index (κ1) is 18.7. The second kappa shape index (κ2) is 8.54. The number of hydrogen-bond donors (Lipinski definition) is 0. The molecule has 5 heteroatoms. The third kappa shape index (κ3) is 4.37.